The first-order valence-electron chi connectivity index (χ1n) is 10.6. The first kappa shape index (κ1) is 16.9. The summed E-state index contributed by atoms with van der Waals surface area (Å²) in [4.78, 5) is 2.49. The molecule has 3 aliphatic rings. The second-order valence-corrected chi connectivity index (χ2v) is 9.12. The van der Waals surface area contributed by atoms with Crippen LogP contribution in [0.25, 0.3) is 5.57 Å². The van der Waals surface area contributed by atoms with Crippen LogP contribution < -0.4 is 4.90 Å². The molecule has 1 unspecified atom stereocenters. The van der Waals surface area contributed by atoms with Crippen LogP contribution in [0.15, 0.2) is 90.1 Å². The molecule has 0 spiro atoms. The molecule has 1 nitrogen and oxygen atoms in total. The highest BCUT2D eigenvalue weighted by molar-refractivity contribution is 5.91. The van der Waals surface area contributed by atoms with Crippen molar-refractivity contribution in [2.24, 2.45) is 0 Å². The average Bonchev–Trinajstić information content (AvgIpc) is 3.17. The van der Waals surface area contributed by atoms with Crippen LogP contribution in [0, 0.1) is 6.92 Å². The monoisotopic (exact) mass is 375 g/mol. The van der Waals surface area contributed by atoms with Crippen molar-refractivity contribution in [3.63, 3.8) is 0 Å². The van der Waals surface area contributed by atoms with Crippen LogP contribution in [0.3, 0.4) is 0 Å². The Bertz CT molecular complexity index is 1220. The van der Waals surface area contributed by atoms with E-state index >= 15 is 0 Å². The van der Waals surface area contributed by atoms with E-state index in [4.69, 9.17) is 0 Å². The summed E-state index contributed by atoms with van der Waals surface area (Å²) >= 11 is 0. The van der Waals surface area contributed by atoms with Gasteiger partial charge in [0.15, 0.2) is 0 Å². The molecule has 1 atom stereocenters. The quantitative estimate of drug-likeness (QED) is 0.432. The molecule has 0 N–H and O–H groups in total. The van der Waals surface area contributed by atoms with E-state index in [9.17, 15) is 0 Å². The molecule has 3 aromatic rings. The van der Waals surface area contributed by atoms with Crippen molar-refractivity contribution in [3.8, 4) is 0 Å². The van der Waals surface area contributed by atoms with Crippen molar-refractivity contribution >= 4 is 16.9 Å². The lowest BCUT2D eigenvalue weighted by Crippen LogP contribution is -2.22. The van der Waals surface area contributed by atoms with Crippen LogP contribution in [0.4, 0.5) is 11.4 Å². The molecule has 0 saturated carbocycles. The summed E-state index contributed by atoms with van der Waals surface area (Å²) in [5, 5.41) is 0. The molecule has 0 fully saturated rings. The van der Waals surface area contributed by atoms with Crippen molar-refractivity contribution in [2.45, 2.75) is 38.5 Å². The number of benzene rings is 3. The van der Waals surface area contributed by atoms with E-state index in [-0.39, 0.29) is 5.41 Å². The minimum absolute atomic E-state index is 0.0969. The summed E-state index contributed by atoms with van der Waals surface area (Å²) in [6.45, 7) is 6.97. The van der Waals surface area contributed by atoms with Crippen LogP contribution in [0.1, 0.15) is 48.4 Å². The zero-order valence-corrected chi connectivity index (χ0v) is 17.2. The first-order chi connectivity index (χ1) is 14.1. The van der Waals surface area contributed by atoms with Crippen LogP contribution in [0.2, 0.25) is 0 Å². The number of para-hydroxylation sites is 1. The van der Waals surface area contributed by atoms with Crippen LogP contribution in [-0.2, 0) is 5.41 Å². The Morgan fingerprint density at radius 3 is 2.55 bits per heavy atom. The molecule has 0 radical (unpaired) electrons. The number of hydrogen-bond donors (Lipinski definition) is 0. The van der Waals surface area contributed by atoms with Crippen molar-refractivity contribution in [1.29, 1.82) is 0 Å². The number of allylic oxidation sites excluding steroid dienone is 4. The molecule has 0 bridgehead atoms. The van der Waals surface area contributed by atoms with Gasteiger partial charge in [-0.05, 0) is 65.4 Å². The Kier molecular flexibility index (Phi) is 3.33. The van der Waals surface area contributed by atoms with Gasteiger partial charge in [-0.15, -0.1) is 0 Å². The van der Waals surface area contributed by atoms with Gasteiger partial charge in [-0.1, -0.05) is 74.0 Å². The van der Waals surface area contributed by atoms with Gasteiger partial charge < -0.3 is 4.90 Å². The van der Waals surface area contributed by atoms with Crippen LogP contribution >= 0.6 is 0 Å². The van der Waals surface area contributed by atoms with Gasteiger partial charge in [0.25, 0.3) is 0 Å². The fourth-order valence-electron chi connectivity index (χ4n) is 5.68. The van der Waals surface area contributed by atoms with E-state index in [1.54, 1.807) is 5.57 Å². The van der Waals surface area contributed by atoms with E-state index in [0.29, 0.717) is 5.92 Å². The molecule has 142 valence electrons. The summed E-state index contributed by atoms with van der Waals surface area (Å²) in [5.74, 6) is 0.430. The molecule has 0 amide bonds. The molecule has 3 aromatic carbocycles. The highest BCUT2D eigenvalue weighted by Gasteiger charge is 2.44. The van der Waals surface area contributed by atoms with E-state index in [0.717, 1.165) is 6.42 Å². The van der Waals surface area contributed by atoms with Gasteiger partial charge in [0.05, 0.1) is 0 Å². The van der Waals surface area contributed by atoms with Crippen LogP contribution in [-0.4, -0.2) is 0 Å². The molecule has 0 saturated heterocycles. The number of aryl methyl sites for hydroxylation is 1. The van der Waals surface area contributed by atoms with Gasteiger partial charge in [-0.25, -0.2) is 0 Å². The molecule has 1 aliphatic heterocycles. The molecule has 1 heteroatoms. The summed E-state index contributed by atoms with van der Waals surface area (Å²) in [7, 11) is 0. The van der Waals surface area contributed by atoms with Gasteiger partial charge in [0.2, 0.25) is 0 Å². The molecule has 29 heavy (non-hydrogen) atoms. The summed E-state index contributed by atoms with van der Waals surface area (Å²) in [6, 6.07) is 26.8. The third kappa shape index (κ3) is 2.22. The third-order valence-corrected chi connectivity index (χ3v) is 7.10. The Labute approximate surface area is 173 Å². The fourth-order valence-corrected chi connectivity index (χ4v) is 5.68. The van der Waals surface area contributed by atoms with E-state index in [1.807, 2.05) is 0 Å². The Morgan fingerprint density at radius 2 is 1.69 bits per heavy atom. The van der Waals surface area contributed by atoms with Crippen molar-refractivity contribution < 1.29 is 0 Å². The van der Waals surface area contributed by atoms with Gasteiger partial charge in [-0.3, -0.25) is 0 Å². The fraction of sp³-hybridized carbons (Fsp3) is 0.214. The maximum atomic E-state index is 2.49. The zero-order valence-electron chi connectivity index (χ0n) is 17.2. The van der Waals surface area contributed by atoms with Gasteiger partial charge in [0, 0.05) is 28.4 Å². The molecule has 1 heterocycles. The SMILES string of the molecule is Cc1cccc(N2C3=CC4=C(CC3c3ccccc32)C(C)(C)c2ccccc24)c1. The largest absolute Gasteiger partial charge is 0.313 e. The third-order valence-electron chi connectivity index (χ3n) is 7.10. The summed E-state index contributed by atoms with van der Waals surface area (Å²) < 4.78 is 0. The van der Waals surface area contributed by atoms with Crippen molar-refractivity contribution in [1.82, 2.24) is 0 Å². The molecular weight excluding hydrogens is 350 g/mol. The second-order valence-electron chi connectivity index (χ2n) is 9.12. The lowest BCUT2D eigenvalue weighted by Gasteiger charge is -2.31. The zero-order chi connectivity index (χ0) is 19.8. The Morgan fingerprint density at radius 1 is 0.897 bits per heavy atom. The second kappa shape index (κ2) is 5.73. The number of rotatable bonds is 1. The lowest BCUT2D eigenvalue weighted by atomic mass is 9.74. The smallest absolute Gasteiger partial charge is 0.0497 e. The van der Waals surface area contributed by atoms with E-state index < -0.39 is 0 Å². The summed E-state index contributed by atoms with van der Waals surface area (Å²) in [5.41, 5.74) is 12.8. The Hall–Kier alpha value is -3.06. The molecule has 6 rings (SSSR count). The van der Waals surface area contributed by atoms with E-state index in [2.05, 4.69) is 105 Å². The van der Waals surface area contributed by atoms with Crippen molar-refractivity contribution in [3.05, 3.63) is 112 Å². The average molecular weight is 376 g/mol. The van der Waals surface area contributed by atoms with Crippen molar-refractivity contribution in [2.75, 3.05) is 4.90 Å². The predicted molar refractivity (Wildman–Crippen MR) is 122 cm³/mol. The van der Waals surface area contributed by atoms with Gasteiger partial charge in [0.1, 0.15) is 0 Å². The molecular formula is C28H25N. The topological polar surface area (TPSA) is 3.24 Å². The maximum absolute atomic E-state index is 2.49. The number of nitrogens with zero attached hydrogens (tertiary/aromatic N) is 1. The maximum Gasteiger partial charge on any atom is 0.0497 e. The molecule has 0 aromatic heterocycles. The summed E-state index contributed by atoms with van der Waals surface area (Å²) in [6.07, 6.45) is 3.58. The minimum Gasteiger partial charge on any atom is -0.313 e. The highest BCUT2D eigenvalue weighted by Crippen LogP contribution is 2.59. The lowest BCUT2D eigenvalue weighted by molar-refractivity contribution is 0.587. The number of anilines is 2. The first-order valence-corrected chi connectivity index (χ1v) is 10.6. The number of fused-ring (bicyclic) bond motifs is 5. The van der Waals surface area contributed by atoms with Crippen LogP contribution in [0.5, 0.6) is 0 Å². The normalized spacial score (nSPS) is 20.7. The van der Waals surface area contributed by atoms with Gasteiger partial charge >= 0.3 is 0 Å². The standard InChI is InChI=1S/C28H25N/c1-18-9-8-10-19(15-18)29-26-14-7-5-12-21(26)23-16-25-22(17-27(23)29)20-11-4-6-13-24(20)28(25,2)3/h4-15,17,23H,16H2,1-3H3. The minimum atomic E-state index is 0.0969. The highest BCUT2D eigenvalue weighted by atomic mass is 15.2. The Balaban J connectivity index is 1.59. The number of hydrogen-bond acceptors (Lipinski definition) is 1. The predicted octanol–water partition coefficient (Wildman–Crippen LogP) is 7.26. The van der Waals surface area contributed by atoms with E-state index in [1.165, 1.54) is 44.9 Å². The molecule has 2 aliphatic carbocycles. The van der Waals surface area contributed by atoms with Gasteiger partial charge in [-0.2, -0.15) is 0 Å².